The number of amides is 2. The van der Waals surface area contributed by atoms with Gasteiger partial charge in [0.15, 0.2) is 0 Å². The fourth-order valence-electron chi connectivity index (χ4n) is 2.73. The number of nitrogens with two attached hydrogens (primary N) is 1. The summed E-state index contributed by atoms with van der Waals surface area (Å²) in [6.07, 6.45) is 4.31. The predicted octanol–water partition coefficient (Wildman–Crippen LogP) is 2.38. The molecule has 2 amide bonds. The number of hydrogen-bond donors (Lipinski definition) is 3. The van der Waals surface area contributed by atoms with Crippen molar-refractivity contribution in [2.24, 2.45) is 11.7 Å². The first kappa shape index (κ1) is 20.5. The van der Waals surface area contributed by atoms with E-state index in [1.54, 1.807) is 12.1 Å². The molecular weight excluding hydrogens is 326 g/mol. The Hall–Kier alpha value is -1.59. The highest BCUT2D eigenvalue weighted by Gasteiger charge is 2.22. The highest BCUT2D eigenvalue weighted by Crippen LogP contribution is 2.24. The lowest BCUT2D eigenvalue weighted by molar-refractivity contribution is -0.124. The van der Waals surface area contributed by atoms with Crippen LogP contribution in [0.2, 0.25) is 0 Å². The maximum Gasteiger partial charge on any atom is 0.251 e. The maximum atomic E-state index is 12.1. The monoisotopic (exact) mass is 353 g/mol. The van der Waals surface area contributed by atoms with Crippen LogP contribution in [0.1, 0.15) is 55.5 Å². The summed E-state index contributed by atoms with van der Waals surface area (Å²) < 4.78 is 0. The third kappa shape index (κ3) is 5.80. The van der Waals surface area contributed by atoms with E-state index < -0.39 is 5.54 Å². The number of rotatable bonds is 6. The van der Waals surface area contributed by atoms with Gasteiger partial charge in [0, 0.05) is 30.1 Å². The molecule has 0 unspecified atom stereocenters. The summed E-state index contributed by atoms with van der Waals surface area (Å²) in [5.41, 5.74) is 6.78. The van der Waals surface area contributed by atoms with Gasteiger partial charge < -0.3 is 16.4 Å². The summed E-state index contributed by atoms with van der Waals surface area (Å²) in [4.78, 5) is 24.1. The van der Waals surface area contributed by atoms with Crippen LogP contribution in [0.5, 0.6) is 0 Å². The Morgan fingerprint density at radius 3 is 2.29 bits per heavy atom. The van der Waals surface area contributed by atoms with Gasteiger partial charge in [0.2, 0.25) is 5.91 Å². The molecule has 5 nitrogen and oxygen atoms in total. The first-order valence-electron chi connectivity index (χ1n) is 8.30. The van der Waals surface area contributed by atoms with E-state index in [0.717, 1.165) is 31.2 Å². The van der Waals surface area contributed by atoms with Crippen LogP contribution in [-0.2, 0) is 11.3 Å². The third-order valence-corrected chi connectivity index (χ3v) is 4.37. The molecule has 4 N–H and O–H groups in total. The summed E-state index contributed by atoms with van der Waals surface area (Å²) in [7, 11) is 0. The van der Waals surface area contributed by atoms with Crippen LogP contribution in [-0.4, -0.2) is 23.9 Å². The van der Waals surface area contributed by atoms with Crippen LogP contribution in [0.25, 0.3) is 0 Å². The molecule has 0 aliphatic heterocycles. The van der Waals surface area contributed by atoms with E-state index in [1.165, 1.54) is 0 Å². The van der Waals surface area contributed by atoms with Gasteiger partial charge in [0.1, 0.15) is 0 Å². The Labute approximate surface area is 150 Å². The summed E-state index contributed by atoms with van der Waals surface area (Å²) >= 11 is 0. The van der Waals surface area contributed by atoms with Crippen molar-refractivity contribution in [3.63, 3.8) is 0 Å². The molecule has 0 heterocycles. The number of nitrogens with one attached hydrogen (secondary N) is 2. The molecule has 1 aromatic carbocycles. The van der Waals surface area contributed by atoms with Crippen molar-refractivity contribution in [1.29, 1.82) is 0 Å². The summed E-state index contributed by atoms with van der Waals surface area (Å²) in [6, 6.07) is 7.30. The lowest BCUT2D eigenvalue weighted by Gasteiger charge is -2.24. The van der Waals surface area contributed by atoms with Gasteiger partial charge in [-0.15, -0.1) is 12.4 Å². The molecule has 1 aliphatic carbocycles. The SMILES string of the molecule is CC(C)(CN)NC(=O)c1ccc(CNC(=O)C2CCCC2)cc1.Cl. The van der Waals surface area contributed by atoms with Gasteiger partial charge in [-0.3, -0.25) is 9.59 Å². The molecule has 1 aliphatic rings. The van der Waals surface area contributed by atoms with Crippen LogP contribution in [0.15, 0.2) is 24.3 Å². The van der Waals surface area contributed by atoms with E-state index in [1.807, 2.05) is 26.0 Å². The van der Waals surface area contributed by atoms with Gasteiger partial charge in [-0.25, -0.2) is 0 Å². The first-order valence-corrected chi connectivity index (χ1v) is 8.30. The molecule has 2 rings (SSSR count). The second kappa shape index (κ2) is 9.04. The molecular formula is C18H28ClN3O2. The summed E-state index contributed by atoms with van der Waals surface area (Å²) in [5, 5.41) is 5.88. The van der Waals surface area contributed by atoms with Crippen molar-refractivity contribution in [2.45, 2.75) is 51.6 Å². The third-order valence-electron chi connectivity index (χ3n) is 4.37. The fraction of sp³-hybridized carbons (Fsp3) is 0.556. The molecule has 6 heteroatoms. The smallest absolute Gasteiger partial charge is 0.251 e. The lowest BCUT2D eigenvalue weighted by Crippen LogP contribution is -2.48. The van der Waals surface area contributed by atoms with E-state index in [0.29, 0.717) is 18.7 Å². The maximum absolute atomic E-state index is 12.1. The average Bonchev–Trinajstić information content (AvgIpc) is 3.07. The highest BCUT2D eigenvalue weighted by atomic mass is 35.5. The highest BCUT2D eigenvalue weighted by molar-refractivity contribution is 5.94. The van der Waals surface area contributed by atoms with Gasteiger partial charge in [-0.05, 0) is 44.4 Å². The summed E-state index contributed by atoms with van der Waals surface area (Å²) in [5.74, 6) is 0.189. The number of carbonyl (C=O) groups excluding carboxylic acids is 2. The Morgan fingerprint density at radius 1 is 1.17 bits per heavy atom. The minimum Gasteiger partial charge on any atom is -0.352 e. The largest absolute Gasteiger partial charge is 0.352 e. The van der Waals surface area contributed by atoms with E-state index in [-0.39, 0.29) is 30.1 Å². The zero-order valence-corrected chi connectivity index (χ0v) is 15.2. The Balaban J connectivity index is 0.00000288. The molecule has 24 heavy (non-hydrogen) atoms. The molecule has 0 saturated heterocycles. The molecule has 0 spiro atoms. The Kier molecular flexibility index (Phi) is 7.70. The number of halogens is 1. The standard InChI is InChI=1S/C18H27N3O2.ClH/c1-18(2,12-19)21-17(23)15-9-7-13(8-10-15)11-20-16(22)14-5-3-4-6-14;/h7-10,14H,3-6,11-12,19H2,1-2H3,(H,20,22)(H,21,23);1H. The zero-order chi connectivity index (χ0) is 16.9. The average molecular weight is 354 g/mol. The minimum absolute atomic E-state index is 0. The van der Waals surface area contributed by atoms with Gasteiger partial charge in [0.25, 0.3) is 5.91 Å². The van der Waals surface area contributed by atoms with E-state index in [9.17, 15) is 9.59 Å². The zero-order valence-electron chi connectivity index (χ0n) is 14.4. The topological polar surface area (TPSA) is 84.2 Å². The van der Waals surface area contributed by atoms with Crippen molar-refractivity contribution >= 4 is 24.2 Å². The van der Waals surface area contributed by atoms with Crippen LogP contribution >= 0.6 is 12.4 Å². The van der Waals surface area contributed by atoms with Crippen molar-refractivity contribution < 1.29 is 9.59 Å². The van der Waals surface area contributed by atoms with Crippen LogP contribution < -0.4 is 16.4 Å². The van der Waals surface area contributed by atoms with Gasteiger partial charge in [-0.2, -0.15) is 0 Å². The second-order valence-corrected chi connectivity index (χ2v) is 6.94. The van der Waals surface area contributed by atoms with Crippen molar-refractivity contribution in [1.82, 2.24) is 10.6 Å². The number of carbonyl (C=O) groups is 2. The van der Waals surface area contributed by atoms with Crippen molar-refractivity contribution in [3.05, 3.63) is 35.4 Å². The van der Waals surface area contributed by atoms with Crippen LogP contribution in [0.3, 0.4) is 0 Å². The fourth-order valence-corrected chi connectivity index (χ4v) is 2.73. The van der Waals surface area contributed by atoms with Crippen molar-refractivity contribution in [2.75, 3.05) is 6.54 Å². The van der Waals surface area contributed by atoms with Gasteiger partial charge in [0.05, 0.1) is 0 Å². The molecule has 134 valence electrons. The Morgan fingerprint density at radius 2 is 1.75 bits per heavy atom. The van der Waals surface area contributed by atoms with Gasteiger partial charge >= 0.3 is 0 Å². The van der Waals surface area contributed by atoms with E-state index in [2.05, 4.69) is 10.6 Å². The molecule has 1 aromatic rings. The predicted molar refractivity (Wildman–Crippen MR) is 98.1 cm³/mol. The first-order chi connectivity index (χ1) is 10.9. The number of hydrogen-bond acceptors (Lipinski definition) is 3. The lowest BCUT2D eigenvalue weighted by atomic mass is 10.0. The quantitative estimate of drug-likeness (QED) is 0.734. The second-order valence-electron chi connectivity index (χ2n) is 6.94. The van der Waals surface area contributed by atoms with Crippen molar-refractivity contribution in [3.8, 4) is 0 Å². The normalized spacial score (nSPS) is 14.8. The number of benzene rings is 1. The minimum atomic E-state index is -0.426. The molecule has 1 saturated carbocycles. The molecule has 0 atom stereocenters. The van der Waals surface area contributed by atoms with Crippen LogP contribution in [0.4, 0.5) is 0 Å². The molecule has 0 bridgehead atoms. The summed E-state index contributed by atoms with van der Waals surface area (Å²) in [6.45, 7) is 4.66. The van der Waals surface area contributed by atoms with Crippen LogP contribution in [0, 0.1) is 5.92 Å². The molecule has 0 aromatic heterocycles. The molecule has 1 fully saturated rings. The van der Waals surface area contributed by atoms with E-state index in [4.69, 9.17) is 5.73 Å². The van der Waals surface area contributed by atoms with E-state index >= 15 is 0 Å². The van der Waals surface area contributed by atoms with Gasteiger partial charge in [-0.1, -0.05) is 25.0 Å². The Bertz CT molecular complexity index is 552. The molecule has 0 radical (unpaired) electrons.